The maximum absolute atomic E-state index is 6.21. The molecule has 50 heavy (non-hydrogen) atoms. The minimum absolute atomic E-state index is 0. The van der Waals surface area contributed by atoms with Crippen molar-refractivity contribution in [2.75, 3.05) is 6.62 Å². The van der Waals surface area contributed by atoms with Crippen LogP contribution in [0.5, 0.6) is 0 Å². The van der Waals surface area contributed by atoms with Gasteiger partial charge >= 0.3 is 0 Å². The number of hydrogen-bond donors (Lipinski definition) is 0. The highest BCUT2D eigenvalue weighted by atomic mass is 31.0. The second kappa shape index (κ2) is 21.5. The van der Waals surface area contributed by atoms with E-state index in [0.717, 1.165) is 94.7 Å². The topological polar surface area (TPSA) is 0 Å². The van der Waals surface area contributed by atoms with E-state index < -0.39 is 6.62 Å². The van der Waals surface area contributed by atoms with E-state index in [1.54, 1.807) is 19.3 Å². The van der Waals surface area contributed by atoms with Crippen LogP contribution in [-0.4, -0.2) is 6.62 Å². The van der Waals surface area contributed by atoms with Crippen molar-refractivity contribution in [3.05, 3.63) is 72.9 Å². The summed E-state index contributed by atoms with van der Waals surface area (Å²) in [6, 6.07) is 0. The summed E-state index contributed by atoms with van der Waals surface area (Å²) in [5, 5.41) is 0. The summed E-state index contributed by atoms with van der Waals surface area (Å²) in [6.45, 7) is 15.2. The van der Waals surface area contributed by atoms with Gasteiger partial charge in [0.05, 0.1) is 0 Å². The third-order valence-corrected chi connectivity index (χ3v) is 14.3. The molecule has 6 fully saturated rings. The molecule has 0 N–H and O–H groups in total. The predicted molar refractivity (Wildman–Crippen MR) is 229 cm³/mol. The van der Waals surface area contributed by atoms with Crippen molar-refractivity contribution in [3.8, 4) is 0 Å². The third kappa shape index (κ3) is 8.97. The van der Waals surface area contributed by atoms with Gasteiger partial charge in [0, 0.05) is 2.74 Å². The summed E-state index contributed by atoms with van der Waals surface area (Å²) in [5.41, 5.74) is 0. The standard InChI is InChI=1S/C12H16.2C10H12.C7H10.4C2H6.CH5P.CH4/c1-2-8-5-7(1)11-9-3-4-10(6-9)12(8)11;2*1-2-9-7-4-5-8(6-7)10(9)3-1;1-2-7-4-3-6(1)5-7;5*1-2;/h1-2,7-12H,3-6H2;2*1-2,4-5,7-10H,3,6H2;1-2,6-7H,3-5H2;4*1-2H3;2H2,1H3;1H4/i;;;;;;;;1D2;. The molecule has 0 radical (unpaired) electrons. The Labute approximate surface area is 318 Å². The molecular formula is C49H83P. The lowest BCUT2D eigenvalue weighted by Crippen LogP contribution is -2.25. The third-order valence-electron chi connectivity index (χ3n) is 14.3. The Hall–Kier alpha value is -1.13. The van der Waals surface area contributed by atoms with Crippen LogP contribution in [0.4, 0.5) is 0 Å². The van der Waals surface area contributed by atoms with E-state index in [0.29, 0.717) is 0 Å². The van der Waals surface area contributed by atoms with Gasteiger partial charge in [0.2, 0.25) is 0 Å². The fourth-order valence-electron chi connectivity index (χ4n) is 12.6. The fraction of sp³-hybridized carbons (Fsp3) is 0.755. The SMILES string of the molecule is C.C1=CC2C3C=CC(C3)C2C1.C1=CC2C3C=CC(C3)C2C1.C1=CC2CC1C1C3CCC(C3)C21.C1=CC2CCC1C2.CC.CC.CC.CC.[2H]C([2H])P. The van der Waals surface area contributed by atoms with E-state index in [2.05, 4.69) is 72.9 Å². The van der Waals surface area contributed by atoms with Crippen LogP contribution in [-0.2, 0) is 0 Å². The molecule has 0 spiro atoms. The van der Waals surface area contributed by atoms with Crippen molar-refractivity contribution in [1.82, 2.24) is 0 Å². The molecule has 17 unspecified atom stereocenters. The molecule has 12 aliphatic carbocycles. The molecule has 0 saturated heterocycles. The monoisotopic (exact) mass is 705 g/mol. The van der Waals surface area contributed by atoms with Gasteiger partial charge in [-0.25, -0.2) is 0 Å². The first-order valence-corrected chi connectivity index (χ1v) is 22.3. The molecule has 0 aromatic heterocycles. The summed E-state index contributed by atoms with van der Waals surface area (Å²) in [7, 11) is 1.99. The summed E-state index contributed by atoms with van der Waals surface area (Å²) in [4.78, 5) is 0. The summed E-state index contributed by atoms with van der Waals surface area (Å²) in [6.07, 6.45) is 45.6. The molecule has 10 bridgehead atoms. The van der Waals surface area contributed by atoms with Gasteiger partial charge in [0.1, 0.15) is 0 Å². The van der Waals surface area contributed by atoms with Gasteiger partial charge in [-0.1, -0.05) is 142 Å². The highest BCUT2D eigenvalue weighted by Gasteiger charge is 2.57. The molecule has 0 aromatic carbocycles. The molecule has 6 saturated carbocycles. The Kier molecular flexibility index (Phi) is 17.3. The molecule has 1 heteroatoms. The van der Waals surface area contributed by atoms with Crippen molar-refractivity contribution in [2.45, 2.75) is 133 Å². The smallest absolute Gasteiger partial charge is 0.0274 e. The van der Waals surface area contributed by atoms with Crippen LogP contribution in [0.2, 0.25) is 0 Å². The highest BCUT2D eigenvalue weighted by Crippen LogP contribution is 2.65. The van der Waals surface area contributed by atoms with Crippen LogP contribution in [0.15, 0.2) is 72.9 Å². The Morgan fingerprint density at radius 2 is 0.800 bits per heavy atom. The molecule has 17 atom stereocenters. The normalized spacial score (nSPS) is 44.9. The number of rotatable bonds is 0. The molecule has 0 heterocycles. The molecule has 0 aliphatic heterocycles. The van der Waals surface area contributed by atoms with Crippen molar-refractivity contribution in [1.29, 1.82) is 0 Å². The maximum atomic E-state index is 6.21. The lowest BCUT2D eigenvalue weighted by atomic mass is 9.73. The van der Waals surface area contributed by atoms with Crippen molar-refractivity contribution >= 4 is 9.24 Å². The van der Waals surface area contributed by atoms with Gasteiger partial charge in [-0.05, 0) is 165 Å². The number of allylic oxidation sites excluding steroid dienone is 12. The zero-order valence-electron chi connectivity index (χ0n) is 35.1. The minimum atomic E-state index is -0.750. The predicted octanol–water partition coefficient (Wildman–Crippen LogP) is 14.8. The molecule has 0 aromatic rings. The first-order valence-electron chi connectivity index (χ1n) is 22.8. The Bertz CT molecular complexity index is 1110. The Balaban J connectivity index is 0.000000171. The Morgan fingerprint density at radius 1 is 0.440 bits per heavy atom. The fourth-order valence-corrected chi connectivity index (χ4v) is 12.6. The van der Waals surface area contributed by atoms with E-state index in [-0.39, 0.29) is 7.43 Å². The molecule has 0 amide bonds. The van der Waals surface area contributed by atoms with Crippen LogP contribution in [0.3, 0.4) is 0 Å². The maximum Gasteiger partial charge on any atom is 0.0274 e. The van der Waals surface area contributed by atoms with Crippen LogP contribution in [0.25, 0.3) is 0 Å². The quantitative estimate of drug-likeness (QED) is 0.134. The van der Waals surface area contributed by atoms with Crippen LogP contribution < -0.4 is 0 Å². The van der Waals surface area contributed by atoms with E-state index in [1.165, 1.54) is 51.4 Å². The second-order valence-electron chi connectivity index (χ2n) is 15.9. The van der Waals surface area contributed by atoms with Gasteiger partial charge in [-0.15, -0.1) is 9.24 Å². The zero-order chi connectivity index (χ0) is 37.1. The van der Waals surface area contributed by atoms with Gasteiger partial charge in [0.15, 0.2) is 0 Å². The van der Waals surface area contributed by atoms with Crippen molar-refractivity contribution in [2.24, 2.45) is 94.7 Å². The molecule has 284 valence electrons. The van der Waals surface area contributed by atoms with Gasteiger partial charge in [-0.3, -0.25) is 0 Å². The van der Waals surface area contributed by atoms with Crippen LogP contribution in [0, 0.1) is 94.7 Å². The largest absolute Gasteiger partial charge is 0.141 e. The first kappa shape index (κ1) is 40.1. The first-order chi connectivity index (χ1) is 25.0. The number of fused-ring (bicyclic) bond motifs is 21. The van der Waals surface area contributed by atoms with Gasteiger partial charge in [0.25, 0.3) is 0 Å². The summed E-state index contributed by atoms with van der Waals surface area (Å²) >= 11 is 0. The summed E-state index contributed by atoms with van der Waals surface area (Å²) < 4.78 is 12.4. The van der Waals surface area contributed by atoms with E-state index >= 15 is 0 Å². The average molecular weight is 705 g/mol. The Morgan fingerprint density at radius 3 is 1.14 bits per heavy atom. The van der Waals surface area contributed by atoms with E-state index in [4.69, 9.17) is 2.74 Å². The van der Waals surface area contributed by atoms with Gasteiger partial charge in [-0.2, -0.15) is 0 Å². The molecule has 12 aliphatic rings. The average Bonchev–Trinajstić information content (AvgIpc) is 4.04. The minimum Gasteiger partial charge on any atom is -0.141 e. The molecular weight excluding hydrogens is 620 g/mol. The molecule has 0 nitrogen and oxygen atoms in total. The number of hydrogen-bond acceptors (Lipinski definition) is 0. The van der Waals surface area contributed by atoms with E-state index in [1.807, 2.05) is 64.6 Å². The molecule has 12 rings (SSSR count). The zero-order valence-corrected chi connectivity index (χ0v) is 34.3. The van der Waals surface area contributed by atoms with Gasteiger partial charge < -0.3 is 0 Å². The van der Waals surface area contributed by atoms with Crippen LogP contribution >= 0.6 is 9.24 Å². The second-order valence-corrected chi connectivity index (χ2v) is 15.9. The van der Waals surface area contributed by atoms with Crippen LogP contribution in [0.1, 0.15) is 136 Å². The van der Waals surface area contributed by atoms with E-state index in [9.17, 15) is 0 Å². The highest BCUT2D eigenvalue weighted by molar-refractivity contribution is 7.15. The lowest BCUT2D eigenvalue weighted by Gasteiger charge is -2.31. The lowest BCUT2D eigenvalue weighted by molar-refractivity contribution is 0.206. The van der Waals surface area contributed by atoms with Crippen molar-refractivity contribution < 1.29 is 2.74 Å². The summed E-state index contributed by atoms with van der Waals surface area (Å²) in [5.74, 6) is 16.3. The van der Waals surface area contributed by atoms with Crippen molar-refractivity contribution in [3.63, 3.8) is 0 Å².